The van der Waals surface area contributed by atoms with Crippen LogP contribution < -0.4 is 5.32 Å². The number of aromatic nitrogens is 1. The Morgan fingerprint density at radius 2 is 1.65 bits per heavy atom. The summed E-state index contributed by atoms with van der Waals surface area (Å²) in [6, 6.07) is 5.70. The molecule has 2 aromatic rings. The normalized spacial score (nSPS) is 11.8. The molecule has 138 valence electrons. The van der Waals surface area contributed by atoms with Gasteiger partial charge in [0.1, 0.15) is 5.69 Å². The zero-order valence-electron chi connectivity index (χ0n) is 15.9. The number of H-pyrrole nitrogens is 1. The Balaban J connectivity index is 2.13. The highest BCUT2D eigenvalue weighted by atomic mass is 16.5. The average Bonchev–Trinajstić information content (AvgIpc) is 2.85. The molecule has 0 aliphatic rings. The molecular formula is C20H24N2O4. The van der Waals surface area contributed by atoms with Crippen LogP contribution in [0.2, 0.25) is 0 Å². The molecule has 26 heavy (non-hydrogen) atoms. The number of carbonyl (C=O) groups is 3. The second-order valence-electron chi connectivity index (χ2n) is 6.48. The minimum absolute atomic E-state index is 0.129. The molecule has 0 fully saturated rings. The number of nitrogens with one attached hydrogen (secondary N) is 2. The molecule has 0 saturated heterocycles. The number of anilines is 1. The van der Waals surface area contributed by atoms with Crippen LogP contribution in [0.3, 0.4) is 0 Å². The summed E-state index contributed by atoms with van der Waals surface area (Å²) in [5.41, 5.74) is 4.38. The van der Waals surface area contributed by atoms with E-state index >= 15 is 0 Å². The summed E-state index contributed by atoms with van der Waals surface area (Å²) in [4.78, 5) is 39.4. The van der Waals surface area contributed by atoms with Gasteiger partial charge in [0.2, 0.25) is 0 Å². The van der Waals surface area contributed by atoms with E-state index in [0.29, 0.717) is 22.5 Å². The minimum Gasteiger partial charge on any atom is -0.448 e. The summed E-state index contributed by atoms with van der Waals surface area (Å²) < 4.78 is 5.29. The zero-order chi connectivity index (χ0) is 19.6. The quantitative estimate of drug-likeness (QED) is 0.632. The van der Waals surface area contributed by atoms with Crippen LogP contribution in [0.25, 0.3) is 0 Å². The molecule has 0 bridgehead atoms. The summed E-state index contributed by atoms with van der Waals surface area (Å²) >= 11 is 0. The van der Waals surface area contributed by atoms with Crippen LogP contribution >= 0.6 is 0 Å². The SMILES string of the molecule is CC(=O)c1c(C)[nH]c(C(=O)O[C@H](C)C(=O)Nc2c(C)cccc2C)c1C. The molecule has 6 nitrogen and oxygen atoms in total. The smallest absolute Gasteiger partial charge is 0.355 e. The van der Waals surface area contributed by atoms with E-state index in [1.165, 1.54) is 13.8 Å². The third kappa shape index (κ3) is 3.85. The van der Waals surface area contributed by atoms with Gasteiger partial charge in [-0.1, -0.05) is 18.2 Å². The molecule has 1 aromatic heterocycles. The summed E-state index contributed by atoms with van der Waals surface area (Å²) in [6.45, 7) is 10.1. The van der Waals surface area contributed by atoms with Crippen LogP contribution in [0, 0.1) is 27.7 Å². The zero-order valence-corrected chi connectivity index (χ0v) is 15.9. The van der Waals surface area contributed by atoms with Gasteiger partial charge >= 0.3 is 5.97 Å². The number of benzene rings is 1. The number of Topliss-reactive ketones (excluding diaryl/α,β-unsaturated/α-hetero) is 1. The van der Waals surface area contributed by atoms with Gasteiger partial charge < -0.3 is 15.0 Å². The third-order valence-corrected chi connectivity index (χ3v) is 4.38. The Kier molecular flexibility index (Phi) is 5.65. The van der Waals surface area contributed by atoms with Gasteiger partial charge in [-0.05, 0) is 58.2 Å². The number of para-hydroxylation sites is 1. The van der Waals surface area contributed by atoms with E-state index < -0.39 is 18.0 Å². The number of carbonyl (C=O) groups excluding carboxylic acids is 3. The molecule has 1 atom stereocenters. The van der Waals surface area contributed by atoms with Gasteiger partial charge in [-0.2, -0.15) is 0 Å². The lowest BCUT2D eigenvalue weighted by atomic mass is 10.1. The van der Waals surface area contributed by atoms with Crippen molar-refractivity contribution in [2.45, 2.75) is 47.6 Å². The summed E-state index contributed by atoms with van der Waals surface area (Å²) in [5.74, 6) is -1.21. The Labute approximate surface area is 152 Å². The second-order valence-corrected chi connectivity index (χ2v) is 6.48. The number of amides is 1. The van der Waals surface area contributed by atoms with Crippen LogP contribution in [0.5, 0.6) is 0 Å². The molecule has 0 radical (unpaired) electrons. The van der Waals surface area contributed by atoms with E-state index in [1.807, 2.05) is 32.0 Å². The minimum atomic E-state index is -0.981. The van der Waals surface area contributed by atoms with Gasteiger partial charge in [0.05, 0.1) is 0 Å². The Morgan fingerprint density at radius 1 is 1.08 bits per heavy atom. The fourth-order valence-corrected chi connectivity index (χ4v) is 2.99. The number of esters is 1. The molecule has 0 aliphatic carbocycles. The fraction of sp³-hybridized carbons (Fsp3) is 0.350. The maximum atomic E-state index is 12.4. The summed E-state index contributed by atoms with van der Waals surface area (Å²) in [7, 11) is 0. The monoisotopic (exact) mass is 356 g/mol. The molecular weight excluding hydrogens is 332 g/mol. The number of hydrogen-bond acceptors (Lipinski definition) is 4. The number of aromatic amines is 1. The number of ether oxygens (including phenoxy) is 1. The number of aryl methyl sites for hydroxylation is 3. The van der Waals surface area contributed by atoms with Crippen LogP contribution in [0.15, 0.2) is 18.2 Å². The van der Waals surface area contributed by atoms with E-state index in [9.17, 15) is 14.4 Å². The number of rotatable bonds is 5. The van der Waals surface area contributed by atoms with Gasteiger partial charge in [0, 0.05) is 16.9 Å². The van der Waals surface area contributed by atoms with Gasteiger partial charge in [0.15, 0.2) is 11.9 Å². The summed E-state index contributed by atoms with van der Waals surface area (Å²) in [6.07, 6.45) is -0.981. The first-order chi connectivity index (χ1) is 12.1. The summed E-state index contributed by atoms with van der Waals surface area (Å²) in [5, 5.41) is 2.80. The van der Waals surface area contributed by atoms with Gasteiger partial charge in [0.25, 0.3) is 5.91 Å². The van der Waals surface area contributed by atoms with Crippen molar-refractivity contribution in [1.82, 2.24) is 4.98 Å². The molecule has 2 rings (SSSR count). The van der Waals surface area contributed by atoms with Crippen molar-refractivity contribution in [1.29, 1.82) is 0 Å². The lowest BCUT2D eigenvalue weighted by molar-refractivity contribution is -0.123. The first-order valence-electron chi connectivity index (χ1n) is 8.41. The Bertz CT molecular complexity index is 860. The molecule has 1 aromatic carbocycles. The van der Waals surface area contributed by atoms with Crippen molar-refractivity contribution in [2.75, 3.05) is 5.32 Å². The van der Waals surface area contributed by atoms with Crippen molar-refractivity contribution >= 4 is 23.3 Å². The third-order valence-electron chi connectivity index (χ3n) is 4.38. The van der Waals surface area contributed by atoms with Crippen LogP contribution in [-0.4, -0.2) is 28.7 Å². The molecule has 0 spiro atoms. The van der Waals surface area contributed by atoms with Crippen molar-refractivity contribution in [3.05, 3.63) is 51.8 Å². The standard InChI is InChI=1S/C20H24N2O4/c1-10-8-7-9-11(2)17(10)22-19(24)15(6)26-20(25)18-12(3)16(14(5)23)13(4)21-18/h7-9,15,21H,1-6H3,(H,22,24)/t15-/m1/s1. The van der Waals surface area contributed by atoms with Crippen LogP contribution in [0.1, 0.15) is 57.1 Å². The molecule has 0 saturated carbocycles. The van der Waals surface area contributed by atoms with E-state index in [-0.39, 0.29) is 11.5 Å². The predicted octanol–water partition coefficient (Wildman–Crippen LogP) is 3.63. The van der Waals surface area contributed by atoms with Crippen LogP contribution in [0.4, 0.5) is 5.69 Å². The highest BCUT2D eigenvalue weighted by Gasteiger charge is 2.25. The maximum absolute atomic E-state index is 12.4. The van der Waals surface area contributed by atoms with Crippen molar-refractivity contribution in [3.8, 4) is 0 Å². The molecule has 1 heterocycles. The molecule has 2 N–H and O–H groups in total. The van der Waals surface area contributed by atoms with Gasteiger partial charge in [-0.3, -0.25) is 9.59 Å². The number of hydrogen-bond donors (Lipinski definition) is 2. The van der Waals surface area contributed by atoms with Gasteiger partial charge in [-0.15, -0.1) is 0 Å². The first-order valence-corrected chi connectivity index (χ1v) is 8.41. The highest BCUT2D eigenvalue weighted by molar-refractivity contribution is 6.02. The van der Waals surface area contributed by atoms with E-state index in [1.54, 1.807) is 13.8 Å². The predicted molar refractivity (Wildman–Crippen MR) is 99.7 cm³/mol. The topological polar surface area (TPSA) is 88.3 Å². The van der Waals surface area contributed by atoms with Crippen molar-refractivity contribution < 1.29 is 19.1 Å². The van der Waals surface area contributed by atoms with E-state index in [2.05, 4.69) is 10.3 Å². The number of ketones is 1. The van der Waals surface area contributed by atoms with E-state index in [4.69, 9.17) is 4.74 Å². The second kappa shape index (κ2) is 7.56. The Hall–Kier alpha value is -2.89. The van der Waals surface area contributed by atoms with Crippen molar-refractivity contribution in [2.24, 2.45) is 0 Å². The lowest BCUT2D eigenvalue weighted by Crippen LogP contribution is -2.30. The molecule has 0 aliphatic heterocycles. The average molecular weight is 356 g/mol. The largest absolute Gasteiger partial charge is 0.448 e. The molecule has 1 amide bonds. The van der Waals surface area contributed by atoms with Crippen LogP contribution in [-0.2, 0) is 9.53 Å². The lowest BCUT2D eigenvalue weighted by Gasteiger charge is -2.16. The Morgan fingerprint density at radius 3 is 2.15 bits per heavy atom. The first kappa shape index (κ1) is 19.4. The maximum Gasteiger partial charge on any atom is 0.355 e. The molecule has 6 heteroatoms. The highest BCUT2D eigenvalue weighted by Crippen LogP contribution is 2.21. The van der Waals surface area contributed by atoms with Crippen molar-refractivity contribution in [3.63, 3.8) is 0 Å². The van der Waals surface area contributed by atoms with Gasteiger partial charge in [-0.25, -0.2) is 4.79 Å². The molecule has 0 unspecified atom stereocenters. The van der Waals surface area contributed by atoms with E-state index in [0.717, 1.165) is 11.1 Å². The fourth-order valence-electron chi connectivity index (χ4n) is 2.99.